The van der Waals surface area contributed by atoms with Gasteiger partial charge in [0.2, 0.25) is 5.91 Å². The van der Waals surface area contributed by atoms with Crippen molar-refractivity contribution in [2.45, 2.75) is 63.5 Å². The number of carbonyl (C=O) groups excluding carboxylic acids is 1. The van der Waals surface area contributed by atoms with Gasteiger partial charge < -0.3 is 10.6 Å². The molecule has 1 aliphatic heterocycles. The SMILES string of the molecule is CC1(NC(=O)CC2CCCN2)CCCC1. The Bertz CT molecular complexity index is 228. The molecule has 1 heterocycles. The molecule has 3 heteroatoms. The largest absolute Gasteiger partial charge is 0.351 e. The normalized spacial score (nSPS) is 29.3. The van der Waals surface area contributed by atoms with Gasteiger partial charge in [0, 0.05) is 18.0 Å². The molecule has 2 fully saturated rings. The van der Waals surface area contributed by atoms with Crippen molar-refractivity contribution in [3.05, 3.63) is 0 Å². The highest BCUT2D eigenvalue weighted by Crippen LogP contribution is 2.29. The summed E-state index contributed by atoms with van der Waals surface area (Å²) in [5.41, 5.74) is 0.0929. The van der Waals surface area contributed by atoms with E-state index in [1.165, 1.54) is 19.3 Å². The first-order valence-corrected chi connectivity index (χ1v) is 6.22. The molecule has 1 amide bonds. The lowest BCUT2D eigenvalue weighted by molar-refractivity contribution is -0.123. The van der Waals surface area contributed by atoms with Crippen LogP contribution in [0.4, 0.5) is 0 Å². The van der Waals surface area contributed by atoms with Crippen molar-refractivity contribution in [2.24, 2.45) is 0 Å². The van der Waals surface area contributed by atoms with E-state index in [-0.39, 0.29) is 11.4 Å². The first-order chi connectivity index (χ1) is 7.18. The second-order valence-electron chi connectivity index (χ2n) is 5.31. The lowest BCUT2D eigenvalue weighted by atomic mass is 10.00. The van der Waals surface area contributed by atoms with Crippen LogP contribution in [0.1, 0.15) is 51.9 Å². The third-order valence-electron chi connectivity index (χ3n) is 3.74. The summed E-state index contributed by atoms with van der Waals surface area (Å²) in [7, 11) is 0. The van der Waals surface area contributed by atoms with Crippen molar-refractivity contribution in [1.82, 2.24) is 10.6 Å². The van der Waals surface area contributed by atoms with Crippen LogP contribution in [0.2, 0.25) is 0 Å². The smallest absolute Gasteiger partial charge is 0.221 e. The van der Waals surface area contributed by atoms with Gasteiger partial charge in [-0.1, -0.05) is 12.8 Å². The number of carbonyl (C=O) groups is 1. The van der Waals surface area contributed by atoms with Gasteiger partial charge in [-0.3, -0.25) is 4.79 Å². The van der Waals surface area contributed by atoms with Crippen LogP contribution in [0.3, 0.4) is 0 Å². The standard InChI is InChI=1S/C12H22N2O/c1-12(6-2-3-7-12)14-11(15)9-10-5-4-8-13-10/h10,13H,2-9H2,1H3,(H,14,15). The van der Waals surface area contributed by atoms with E-state index in [1.54, 1.807) is 0 Å². The fraction of sp³-hybridized carbons (Fsp3) is 0.917. The third kappa shape index (κ3) is 2.94. The first-order valence-electron chi connectivity index (χ1n) is 6.22. The van der Waals surface area contributed by atoms with Crippen LogP contribution in [-0.4, -0.2) is 24.0 Å². The van der Waals surface area contributed by atoms with E-state index < -0.39 is 0 Å². The van der Waals surface area contributed by atoms with Crippen molar-refractivity contribution in [2.75, 3.05) is 6.54 Å². The molecule has 1 saturated carbocycles. The highest BCUT2D eigenvalue weighted by Gasteiger charge is 2.30. The van der Waals surface area contributed by atoms with Gasteiger partial charge in [0.05, 0.1) is 0 Å². The minimum absolute atomic E-state index is 0.0929. The molecule has 0 radical (unpaired) electrons. The predicted molar refractivity (Wildman–Crippen MR) is 60.7 cm³/mol. The predicted octanol–water partition coefficient (Wildman–Crippen LogP) is 1.58. The molecule has 1 aliphatic carbocycles. The maximum absolute atomic E-state index is 11.8. The van der Waals surface area contributed by atoms with E-state index >= 15 is 0 Å². The van der Waals surface area contributed by atoms with E-state index in [0.717, 1.165) is 25.8 Å². The van der Waals surface area contributed by atoms with E-state index in [0.29, 0.717) is 12.5 Å². The van der Waals surface area contributed by atoms with Crippen LogP contribution < -0.4 is 10.6 Å². The second-order valence-corrected chi connectivity index (χ2v) is 5.31. The van der Waals surface area contributed by atoms with Crippen LogP contribution in [0, 0.1) is 0 Å². The number of nitrogens with one attached hydrogen (secondary N) is 2. The summed E-state index contributed by atoms with van der Waals surface area (Å²) in [6.07, 6.45) is 7.86. The molecule has 0 aromatic heterocycles. The van der Waals surface area contributed by atoms with Crippen LogP contribution in [0.25, 0.3) is 0 Å². The maximum atomic E-state index is 11.8. The van der Waals surface area contributed by atoms with E-state index in [1.807, 2.05) is 0 Å². The van der Waals surface area contributed by atoms with Gasteiger partial charge in [0.25, 0.3) is 0 Å². The molecule has 86 valence electrons. The molecular weight excluding hydrogens is 188 g/mol. The molecule has 2 rings (SSSR count). The van der Waals surface area contributed by atoms with Crippen LogP contribution in [0.5, 0.6) is 0 Å². The minimum Gasteiger partial charge on any atom is -0.351 e. The molecule has 0 bridgehead atoms. The van der Waals surface area contributed by atoms with Crippen LogP contribution in [-0.2, 0) is 4.79 Å². The summed E-state index contributed by atoms with van der Waals surface area (Å²) in [5, 5.41) is 6.57. The number of rotatable bonds is 3. The van der Waals surface area contributed by atoms with Gasteiger partial charge in [-0.15, -0.1) is 0 Å². The summed E-state index contributed by atoms with van der Waals surface area (Å²) in [6.45, 7) is 3.26. The second kappa shape index (κ2) is 4.52. The fourth-order valence-corrected chi connectivity index (χ4v) is 2.82. The van der Waals surface area contributed by atoms with Gasteiger partial charge >= 0.3 is 0 Å². The topological polar surface area (TPSA) is 41.1 Å². The number of amides is 1. The van der Waals surface area contributed by atoms with Crippen molar-refractivity contribution < 1.29 is 4.79 Å². The molecular formula is C12H22N2O. The molecule has 1 atom stereocenters. The Morgan fingerprint density at radius 2 is 2.13 bits per heavy atom. The Hall–Kier alpha value is -0.570. The van der Waals surface area contributed by atoms with Gasteiger partial charge in [-0.2, -0.15) is 0 Å². The summed E-state index contributed by atoms with van der Waals surface area (Å²) in [5.74, 6) is 0.235. The Balaban J connectivity index is 1.76. The zero-order valence-corrected chi connectivity index (χ0v) is 9.64. The Morgan fingerprint density at radius 3 is 2.73 bits per heavy atom. The highest BCUT2D eigenvalue weighted by molar-refractivity contribution is 5.77. The summed E-state index contributed by atoms with van der Waals surface area (Å²) in [6, 6.07) is 0.426. The van der Waals surface area contributed by atoms with E-state index in [9.17, 15) is 4.79 Å². The van der Waals surface area contributed by atoms with Crippen molar-refractivity contribution >= 4 is 5.91 Å². The van der Waals surface area contributed by atoms with Gasteiger partial charge in [0.1, 0.15) is 0 Å². The maximum Gasteiger partial charge on any atom is 0.221 e. The third-order valence-corrected chi connectivity index (χ3v) is 3.74. The lowest BCUT2D eigenvalue weighted by Gasteiger charge is -2.26. The quantitative estimate of drug-likeness (QED) is 0.742. The molecule has 0 aromatic carbocycles. The van der Waals surface area contributed by atoms with Gasteiger partial charge in [0.15, 0.2) is 0 Å². The molecule has 0 spiro atoms. The summed E-state index contributed by atoms with van der Waals surface area (Å²) < 4.78 is 0. The summed E-state index contributed by atoms with van der Waals surface area (Å²) in [4.78, 5) is 11.8. The first kappa shape index (κ1) is 10.9. The van der Waals surface area contributed by atoms with Gasteiger partial charge in [-0.25, -0.2) is 0 Å². The molecule has 3 nitrogen and oxygen atoms in total. The molecule has 15 heavy (non-hydrogen) atoms. The number of hydrogen-bond donors (Lipinski definition) is 2. The van der Waals surface area contributed by atoms with E-state index in [2.05, 4.69) is 17.6 Å². The summed E-state index contributed by atoms with van der Waals surface area (Å²) >= 11 is 0. The fourth-order valence-electron chi connectivity index (χ4n) is 2.82. The Kier molecular flexibility index (Phi) is 3.29. The zero-order valence-electron chi connectivity index (χ0n) is 9.64. The van der Waals surface area contributed by atoms with Gasteiger partial charge in [-0.05, 0) is 39.2 Å². The highest BCUT2D eigenvalue weighted by atomic mass is 16.1. The molecule has 0 aromatic rings. The Labute approximate surface area is 92.0 Å². The molecule has 2 aliphatic rings. The van der Waals surface area contributed by atoms with Crippen LogP contribution in [0.15, 0.2) is 0 Å². The average Bonchev–Trinajstić information content (AvgIpc) is 2.76. The minimum atomic E-state index is 0.0929. The lowest BCUT2D eigenvalue weighted by Crippen LogP contribution is -2.45. The molecule has 2 N–H and O–H groups in total. The Morgan fingerprint density at radius 1 is 1.40 bits per heavy atom. The van der Waals surface area contributed by atoms with Crippen molar-refractivity contribution in [3.63, 3.8) is 0 Å². The number of hydrogen-bond acceptors (Lipinski definition) is 2. The van der Waals surface area contributed by atoms with Crippen molar-refractivity contribution in [1.29, 1.82) is 0 Å². The van der Waals surface area contributed by atoms with Crippen LogP contribution >= 0.6 is 0 Å². The van der Waals surface area contributed by atoms with Crippen molar-refractivity contribution in [3.8, 4) is 0 Å². The monoisotopic (exact) mass is 210 g/mol. The average molecular weight is 210 g/mol. The van der Waals surface area contributed by atoms with E-state index in [4.69, 9.17) is 0 Å². The molecule has 1 saturated heterocycles. The molecule has 1 unspecified atom stereocenters. The zero-order chi connectivity index (χ0) is 10.7.